The molecular formula is C61H108O6. The minimum absolute atomic E-state index is 0.0790. The van der Waals surface area contributed by atoms with Crippen LogP contribution in [0, 0.1) is 0 Å². The number of hydrogen-bond donors (Lipinski definition) is 0. The van der Waals surface area contributed by atoms with Crippen molar-refractivity contribution in [3.05, 3.63) is 60.8 Å². The number of allylic oxidation sites excluding steroid dienone is 10. The first-order chi connectivity index (χ1) is 33.0. The maximum Gasteiger partial charge on any atom is 0.306 e. The van der Waals surface area contributed by atoms with Gasteiger partial charge in [0.2, 0.25) is 0 Å². The normalized spacial score (nSPS) is 12.5. The zero-order valence-corrected chi connectivity index (χ0v) is 44.4. The van der Waals surface area contributed by atoms with Crippen LogP contribution in [0.5, 0.6) is 0 Å². The first kappa shape index (κ1) is 64.1. The van der Waals surface area contributed by atoms with Gasteiger partial charge in [0.05, 0.1) is 0 Å². The van der Waals surface area contributed by atoms with E-state index < -0.39 is 6.10 Å². The molecule has 0 spiro atoms. The van der Waals surface area contributed by atoms with E-state index in [9.17, 15) is 14.4 Å². The van der Waals surface area contributed by atoms with Crippen molar-refractivity contribution in [2.45, 2.75) is 297 Å². The van der Waals surface area contributed by atoms with Crippen LogP contribution in [0.3, 0.4) is 0 Å². The van der Waals surface area contributed by atoms with Crippen LogP contribution in [0.2, 0.25) is 0 Å². The molecule has 67 heavy (non-hydrogen) atoms. The highest BCUT2D eigenvalue weighted by atomic mass is 16.6. The van der Waals surface area contributed by atoms with Crippen molar-refractivity contribution < 1.29 is 28.6 Å². The lowest BCUT2D eigenvalue weighted by atomic mass is 10.0. The molecule has 0 aromatic rings. The third-order valence-corrected chi connectivity index (χ3v) is 12.5. The highest BCUT2D eigenvalue weighted by Gasteiger charge is 2.19. The van der Waals surface area contributed by atoms with Crippen molar-refractivity contribution in [1.29, 1.82) is 0 Å². The van der Waals surface area contributed by atoms with E-state index in [0.717, 1.165) is 103 Å². The van der Waals surface area contributed by atoms with Crippen LogP contribution < -0.4 is 0 Å². The van der Waals surface area contributed by atoms with Crippen LogP contribution in [0.1, 0.15) is 290 Å². The standard InChI is InChI=1S/C61H108O6/c1-4-7-10-13-15-17-19-21-23-24-25-26-27-28-29-30-31-32-33-34-35-36-38-39-41-43-45-48-51-54-60(63)66-57-58(56-65-59(62)53-50-47-12-9-6-3)67-61(64)55-52-49-46-44-42-40-37-22-20-18-16-14-11-8-5-2/h16,18-19,21-22,24-25,27-28,37,58H,4-15,17,20,23,26,29-36,38-57H2,1-3H3/b18-16-,21-19-,25-24-,28-27-,37-22-. The Morgan fingerprint density at radius 2 is 0.537 bits per heavy atom. The Morgan fingerprint density at radius 1 is 0.299 bits per heavy atom. The monoisotopic (exact) mass is 937 g/mol. The topological polar surface area (TPSA) is 78.9 Å². The van der Waals surface area contributed by atoms with E-state index in [1.54, 1.807) is 0 Å². The van der Waals surface area contributed by atoms with Crippen LogP contribution >= 0.6 is 0 Å². The summed E-state index contributed by atoms with van der Waals surface area (Å²) in [6, 6.07) is 0. The summed E-state index contributed by atoms with van der Waals surface area (Å²) in [4.78, 5) is 37.7. The fourth-order valence-electron chi connectivity index (χ4n) is 8.13. The summed E-state index contributed by atoms with van der Waals surface area (Å²) in [5, 5.41) is 0. The molecule has 388 valence electrons. The highest BCUT2D eigenvalue weighted by molar-refractivity contribution is 5.71. The third kappa shape index (κ3) is 53.9. The van der Waals surface area contributed by atoms with Gasteiger partial charge in [0.25, 0.3) is 0 Å². The quantitative estimate of drug-likeness (QED) is 0.0262. The predicted octanol–water partition coefficient (Wildman–Crippen LogP) is 19.2. The molecule has 0 heterocycles. The van der Waals surface area contributed by atoms with Crippen molar-refractivity contribution in [3.63, 3.8) is 0 Å². The number of ether oxygens (including phenoxy) is 3. The number of rotatable bonds is 52. The minimum Gasteiger partial charge on any atom is -0.462 e. The lowest BCUT2D eigenvalue weighted by molar-refractivity contribution is -0.167. The molecule has 0 saturated heterocycles. The van der Waals surface area contributed by atoms with Crippen LogP contribution in [0.25, 0.3) is 0 Å². The molecule has 6 nitrogen and oxygen atoms in total. The van der Waals surface area contributed by atoms with E-state index in [0.29, 0.717) is 19.3 Å². The molecule has 0 radical (unpaired) electrons. The molecular weight excluding hydrogens is 829 g/mol. The number of esters is 3. The number of carbonyl (C=O) groups excluding carboxylic acids is 3. The molecule has 1 unspecified atom stereocenters. The Bertz CT molecular complexity index is 1210. The van der Waals surface area contributed by atoms with Crippen molar-refractivity contribution in [2.75, 3.05) is 13.2 Å². The molecule has 0 aromatic carbocycles. The maximum absolute atomic E-state index is 12.7. The largest absolute Gasteiger partial charge is 0.462 e. The molecule has 0 aliphatic carbocycles. The van der Waals surface area contributed by atoms with Gasteiger partial charge in [-0.15, -0.1) is 0 Å². The fourth-order valence-corrected chi connectivity index (χ4v) is 8.13. The average Bonchev–Trinajstić information content (AvgIpc) is 3.33. The molecule has 0 N–H and O–H groups in total. The summed E-state index contributed by atoms with van der Waals surface area (Å²) in [5.74, 6) is -0.900. The van der Waals surface area contributed by atoms with E-state index in [1.807, 2.05) is 0 Å². The van der Waals surface area contributed by atoms with E-state index in [2.05, 4.69) is 81.5 Å². The van der Waals surface area contributed by atoms with Crippen molar-refractivity contribution in [2.24, 2.45) is 0 Å². The van der Waals surface area contributed by atoms with E-state index in [-0.39, 0.29) is 31.1 Å². The van der Waals surface area contributed by atoms with Gasteiger partial charge in [-0.2, -0.15) is 0 Å². The Kier molecular flexibility index (Phi) is 53.3. The zero-order valence-electron chi connectivity index (χ0n) is 44.4. The van der Waals surface area contributed by atoms with Crippen LogP contribution in [-0.2, 0) is 28.6 Å². The zero-order chi connectivity index (χ0) is 48.6. The van der Waals surface area contributed by atoms with E-state index in [1.165, 1.54) is 148 Å². The summed E-state index contributed by atoms with van der Waals surface area (Å²) in [6.07, 6.45) is 69.8. The summed E-state index contributed by atoms with van der Waals surface area (Å²) in [6.45, 7) is 6.52. The van der Waals surface area contributed by atoms with Gasteiger partial charge in [-0.1, -0.05) is 242 Å². The molecule has 0 fully saturated rings. The molecule has 0 bridgehead atoms. The van der Waals surface area contributed by atoms with Crippen molar-refractivity contribution >= 4 is 17.9 Å². The lowest BCUT2D eigenvalue weighted by Crippen LogP contribution is -2.30. The molecule has 0 rings (SSSR count). The SMILES string of the molecule is CCCCC/C=C\C/C=C\CCCCCCCC(=O)OC(COC(=O)CCCCCCC)COC(=O)CCCCCCCCCCCCCCCC/C=C\C/C=C\C/C=C\CCCCCCC. The maximum atomic E-state index is 12.7. The second kappa shape index (κ2) is 55.7. The van der Waals surface area contributed by atoms with Gasteiger partial charge in [-0.05, 0) is 89.9 Å². The molecule has 0 saturated carbocycles. The third-order valence-electron chi connectivity index (χ3n) is 12.5. The summed E-state index contributed by atoms with van der Waals surface area (Å²) in [5.41, 5.74) is 0. The molecule has 0 aliphatic rings. The Labute approximate surface area is 415 Å². The molecule has 0 aromatic heterocycles. The summed E-state index contributed by atoms with van der Waals surface area (Å²) < 4.78 is 16.7. The lowest BCUT2D eigenvalue weighted by Gasteiger charge is -2.18. The van der Waals surface area contributed by atoms with Gasteiger partial charge in [0.15, 0.2) is 6.10 Å². The predicted molar refractivity (Wildman–Crippen MR) is 288 cm³/mol. The Morgan fingerprint density at radius 3 is 0.866 bits per heavy atom. The molecule has 6 heteroatoms. The fraction of sp³-hybridized carbons (Fsp3) is 0.787. The van der Waals surface area contributed by atoms with Gasteiger partial charge < -0.3 is 14.2 Å². The van der Waals surface area contributed by atoms with E-state index >= 15 is 0 Å². The number of carbonyl (C=O) groups is 3. The Hall–Kier alpha value is -2.89. The van der Waals surface area contributed by atoms with Crippen LogP contribution in [-0.4, -0.2) is 37.2 Å². The number of unbranched alkanes of at least 4 members (excludes halogenated alkanes) is 31. The molecule has 1 atom stereocenters. The second-order valence-electron chi connectivity index (χ2n) is 19.2. The molecule has 0 aliphatic heterocycles. The Balaban J connectivity index is 4.01. The summed E-state index contributed by atoms with van der Waals surface area (Å²) >= 11 is 0. The van der Waals surface area contributed by atoms with Crippen LogP contribution in [0.4, 0.5) is 0 Å². The second-order valence-corrected chi connectivity index (χ2v) is 19.2. The van der Waals surface area contributed by atoms with Crippen LogP contribution in [0.15, 0.2) is 60.8 Å². The van der Waals surface area contributed by atoms with Gasteiger partial charge in [-0.3, -0.25) is 14.4 Å². The summed E-state index contributed by atoms with van der Waals surface area (Å²) in [7, 11) is 0. The first-order valence-corrected chi connectivity index (χ1v) is 28.8. The van der Waals surface area contributed by atoms with Crippen molar-refractivity contribution in [1.82, 2.24) is 0 Å². The average molecular weight is 938 g/mol. The van der Waals surface area contributed by atoms with Gasteiger partial charge in [0, 0.05) is 19.3 Å². The van der Waals surface area contributed by atoms with Gasteiger partial charge >= 0.3 is 17.9 Å². The smallest absolute Gasteiger partial charge is 0.306 e. The number of hydrogen-bond acceptors (Lipinski definition) is 6. The van der Waals surface area contributed by atoms with Gasteiger partial charge in [-0.25, -0.2) is 0 Å². The minimum atomic E-state index is -0.776. The molecule has 0 amide bonds. The van der Waals surface area contributed by atoms with Crippen molar-refractivity contribution in [3.8, 4) is 0 Å². The van der Waals surface area contributed by atoms with E-state index in [4.69, 9.17) is 14.2 Å². The first-order valence-electron chi connectivity index (χ1n) is 28.8. The van der Waals surface area contributed by atoms with Gasteiger partial charge in [0.1, 0.15) is 13.2 Å². The highest BCUT2D eigenvalue weighted by Crippen LogP contribution is 2.16.